The van der Waals surface area contributed by atoms with E-state index >= 15 is 0 Å². The SMILES string of the molecule is Cc1csc(CCNCc2ccc(Br)cc2[N+](=O)[O-])n1. The minimum atomic E-state index is -0.355. The summed E-state index contributed by atoms with van der Waals surface area (Å²) in [5, 5.41) is 17.3. The Hall–Kier alpha value is -1.31. The quantitative estimate of drug-likeness (QED) is 0.489. The fourth-order valence-corrected chi connectivity index (χ4v) is 2.92. The van der Waals surface area contributed by atoms with E-state index in [1.165, 1.54) is 6.07 Å². The number of hydrogen-bond acceptors (Lipinski definition) is 5. The summed E-state index contributed by atoms with van der Waals surface area (Å²) in [6.07, 6.45) is 0.836. The number of hydrogen-bond donors (Lipinski definition) is 1. The molecule has 0 spiro atoms. The predicted octanol–water partition coefficient (Wildman–Crippen LogP) is 3.45. The first-order valence-corrected chi connectivity index (χ1v) is 7.78. The molecule has 1 aromatic heterocycles. The van der Waals surface area contributed by atoms with Crippen LogP contribution >= 0.6 is 27.3 Å². The number of benzene rings is 1. The van der Waals surface area contributed by atoms with Crippen LogP contribution in [0.2, 0.25) is 0 Å². The van der Waals surface area contributed by atoms with Crippen LogP contribution in [0.5, 0.6) is 0 Å². The molecule has 1 N–H and O–H groups in total. The van der Waals surface area contributed by atoms with Gasteiger partial charge in [-0.15, -0.1) is 11.3 Å². The van der Waals surface area contributed by atoms with E-state index in [-0.39, 0.29) is 10.6 Å². The summed E-state index contributed by atoms with van der Waals surface area (Å²) in [6, 6.07) is 5.11. The van der Waals surface area contributed by atoms with Crippen LogP contribution in [0.4, 0.5) is 5.69 Å². The highest BCUT2D eigenvalue weighted by Gasteiger charge is 2.13. The molecule has 0 amide bonds. The van der Waals surface area contributed by atoms with Crippen molar-refractivity contribution in [2.45, 2.75) is 19.9 Å². The van der Waals surface area contributed by atoms with Gasteiger partial charge in [-0.1, -0.05) is 15.9 Å². The van der Waals surface area contributed by atoms with Crippen LogP contribution in [0, 0.1) is 17.0 Å². The standard InChI is InChI=1S/C13H14BrN3O2S/c1-9-8-20-13(16-9)4-5-15-7-10-2-3-11(14)6-12(10)17(18)19/h2-3,6,8,15H,4-5,7H2,1H3. The number of nitro groups is 1. The second kappa shape index (κ2) is 6.92. The van der Waals surface area contributed by atoms with E-state index in [9.17, 15) is 10.1 Å². The van der Waals surface area contributed by atoms with E-state index < -0.39 is 0 Å². The van der Waals surface area contributed by atoms with Gasteiger partial charge >= 0.3 is 0 Å². The molecule has 0 saturated carbocycles. The Morgan fingerprint density at radius 1 is 1.50 bits per heavy atom. The molecule has 0 radical (unpaired) electrons. The maximum atomic E-state index is 11.0. The van der Waals surface area contributed by atoms with Gasteiger partial charge < -0.3 is 5.32 Å². The largest absolute Gasteiger partial charge is 0.312 e. The highest BCUT2D eigenvalue weighted by Crippen LogP contribution is 2.23. The summed E-state index contributed by atoms with van der Waals surface area (Å²) in [6.45, 7) is 3.20. The fraction of sp³-hybridized carbons (Fsp3) is 0.308. The van der Waals surface area contributed by atoms with Crippen LogP contribution in [-0.2, 0) is 13.0 Å². The molecule has 2 aromatic rings. The predicted molar refractivity (Wildman–Crippen MR) is 83.1 cm³/mol. The van der Waals surface area contributed by atoms with Crippen LogP contribution in [0.3, 0.4) is 0 Å². The second-order valence-corrected chi connectivity index (χ2v) is 6.20. The average molecular weight is 356 g/mol. The topological polar surface area (TPSA) is 68.1 Å². The summed E-state index contributed by atoms with van der Waals surface area (Å²) in [5.74, 6) is 0. The summed E-state index contributed by atoms with van der Waals surface area (Å²) in [7, 11) is 0. The van der Waals surface area contributed by atoms with Crippen LogP contribution in [0.1, 0.15) is 16.3 Å². The number of thiazole rings is 1. The van der Waals surface area contributed by atoms with Crippen molar-refractivity contribution >= 4 is 33.0 Å². The normalized spacial score (nSPS) is 10.7. The molecule has 0 aliphatic carbocycles. The van der Waals surface area contributed by atoms with Crippen molar-refractivity contribution in [3.05, 3.63) is 54.4 Å². The number of nitrogens with zero attached hydrogens (tertiary/aromatic N) is 2. The molecule has 5 nitrogen and oxygen atoms in total. The number of nitrogens with one attached hydrogen (secondary N) is 1. The molecule has 7 heteroatoms. The number of nitro benzene ring substituents is 1. The summed E-state index contributed by atoms with van der Waals surface area (Å²) in [4.78, 5) is 15.0. The molecular weight excluding hydrogens is 342 g/mol. The van der Waals surface area contributed by atoms with Crippen molar-refractivity contribution in [2.24, 2.45) is 0 Å². The zero-order valence-electron chi connectivity index (χ0n) is 10.9. The minimum absolute atomic E-state index is 0.136. The third-order valence-corrected chi connectivity index (χ3v) is 4.26. The average Bonchev–Trinajstić information content (AvgIpc) is 2.81. The van der Waals surface area contributed by atoms with Crippen molar-refractivity contribution in [3.8, 4) is 0 Å². The monoisotopic (exact) mass is 355 g/mol. The van der Waals surface area contributed by atoms with Gasteiger partial charge in [-0.05, 0) is 19.1 Å². The Morgan fingerprint density at radius 3 is 2.95 bits per heavy atom. The van der Waals surface area contributed by atoms with Crippen LogP contribution in [-0.4, -0.2) is 16.5 Å². The molecule has 1 aromatic carbocycles. The van der Waals surface area contributed by atoms with Crippen molar-refractivity contribution in [2.75, 3.05) is 6.54 Å². The highest BCUT2D eigenvalue weighted by atomic mass is 79.9. The Morgan fingerprint density at radius 2 is 2.30 bits per heavy atom. The van der Waals surface area contributed by atoms with Crippen molar-refractivity contribution in [3.63, 3.8) is 0 Å². The molecule has 0 aliphatic heterocycles. The van der Waals surface area contributed by atoms with Crippen molar-refractivity contribution in [1.82, 2.24) is 10.3 Å². The van der Waals surface area contributed by atoms with Gasteiger partial charge in [0.2, 0.25) is 0 Å². The molecule has 1 heterocycles. The first-order chi connectivity index (χ1) is 9.56. The summed E-state index contributed by atoms with van der Waals surface area (Å²) in [5.41, 5.74) is 1.86. The third-order valence-electron chi connectivity index (χ3n) is 2.74. The first kappa shape index (κ1) is 15.1. The lowest BCUT2D eigenvalue weighted by Gasteiger charge is -2.05. The van der Waals surface area contributed by atoms with Gasteiger partial charge in [-0.25, -0.2) is 4.98 Å². The number of aromatic nitrogens is 1. The molecule has 0 saturated heterocycles. The lowest BCUT2D eigenvalue weighted by atomic mass is 10.2. The molecule has 0 unspecified atom stereocenters. The van der Waals surface area contributed by atoms with Crippen molar-refractivity contribution < 1.29 is 4.92 Å². The van der Waals surface area contributed by atoms with E-state index in [0.29, 0.717) is 16.6 Å². The van der Waals surface area contributed by atoms with Gasteiger partial charge in [0, 0.05) is 46.7 Å². The lowest BCUT2D eigenvalue weighted by Crippen LogP contribution is -2.17. The molecule has 106 valence electrons. The first-order valence-electron chi connectivity index (χ1n) is 6.11. The Balaban J connectivity index is 1.89. The van der Waals surface area contributed by atoms with Gasteiger partial charge in [-0.3, -0.25) is 10.1 Å². The van der Waals surface area contributed by atoms with Crippen LogP contribution in [0.15, 0.2) is 28.1 Å². The molecule has 20 heavy (non-hydrogen) atoms. The maximum absolute atomic E-state index is 11.0. The Labute approximate surface area is 129 Å². The number of halogens is 1. The molecule has 0 atom stereocenters. The van der Waals surface area contributed by atoms with Gasteiger partial charge in [-0.2, -0.15) is 0 Å². The smallest absolute Gasteiger partial charge is 0.275 e. The van der Waals surface area contributed by atoms with E-state index in [0.717, 1.165) is 23.7 Å². The van der Waals surface area contributed by atoms with Gasteiger partial charge in [0.05, 0.1) is 9.93 Å². The van der Waals surface area contributed by atoms with Gasteiger partial charge in [0.15, 0.2) is 0 Å². The lowest BCUT2D eigenvalue weighted by molar-refractivity contribution is -0.385. The maximum Gasteiger partial charge on any atom is 0.275 e. The molecule has 0 fully saturated rings. The fourth-order valence-electron chi connectivity index (χ4n) is 1.79. The molecule has 2 rings (SSSR count). The van der Waals surface area contributed by atoms with E-state index in [1.54, 1.807) is 17.4 Å². The minimum Gasteiger partial charge on any atom is -0.312 e. The second-order valence-electron chi connectivity index (χ2n) is 4.34. The molecular formula is C13H14BrN3O2S. The zero-order valence-corrected chi connectivity index (χ0v) is 13.3. The summed E-state index contributed by atoms with van der Waals surface area (Å²) < 4.78 is 0.714. The van der Waals surface area contributed by atoms with Gasteiger partial charge in [0.1, 0.15) is 0 Å². The van der Waals surface area contributed by atoms with Crippen molar-refractivity contribution in [1.29, 1.82) is 0 Å². The molecule has 0 aliphatic rings. The van der Waals surface area contributed by atoms with Gasteiger partial charge in [0.25, 0.3) is 5.69 Å². The van der Waals surface area contributed by atoms with E-state index in [2.05, 4.69) is 26.2 Å². The number of rotatable bonds is 6. The Kier molecular flexibility index (Phi) is 5.22. The third kappa shape index (κ3) is 4.09. The Bertz CT molecular complexity index is 615. The summed E-state index contributed by atoms with van der Waals surface area (Å²) >= 11 is 4.89. The number of aryl methyl sites for hydroxylation is 1. The van der Waals surface area contributed by atoms with Crippen LogP contribution < -0.4 is 5.32 Å². The van der Waals surface area contributed by atoms with E-state index in [4.69, 9.17) is 0 Å². The highest BCUT2D eigenvalue weighted by molar-refractivity contribution is 9.10. The zero-order chi connectivity index (χ0) is 14.5. The van der Waals surface area contributed by atoms with E-state index in [1.807, 2.05) is 18.4 Å². The van der Waals surface area contributed by atoms with Crippen LogP contribution in [0.25, 0.3) is 0 Å². The molecule has 0 bridgehead atoms.